The van der Waals surface area contributed by atoms with Gasteiger partial charge in [0, 0.05) is 5.39 Å². The number of alkyl halides is 3. The summed E-state index contributed by atoms with van der Waals surface area (Å²) in [7, 11) is 0. The van der Waals surface area contributed by atoms with E-state index in [2.05, 4.69) is 4.98 Å². The third-order valence-electron chi connectivity index (χ3n) is 2.89. The number of hydrogen-bond donors (Lipinski definition) is 1. The van der Waals surface area contributed by atoms with Gasteiger partial charge in [0.25, 0.3) is 0 Å². The van der Waals surface area contributed by atoms with Gasteiger partial charge in [-0.1, -0.05) is 18.5 Å². The molecule has 7 heteroatoms. The number of nitrogens with zero attached hydrogens (tertiary/aromatic N) is 1. The SMILES string of the molecule is CCc1cc2c(Cl)ccc(C(=O)O)c2nc1C(F)(F)F. The highest BCUT2D eigenvalue weighted by Crippen LogP contribution is 2.35. The van der Waals surface area contributed by atoms with Crippen LogP contribution in [-0.4, -0.2) is 16.1 Å². The van der Waals surface area contributed by atoms with E-state index in [9.17, 15) is 18.0 Å². The molecule has 0 spiro atoms. The number of rotatable bonds is 2. The molecule has 106 valence electrons. The minimum atomic E-state index is -4.64. The third kappa shape index (κ3) is 2.43. The molecular weight excluding hydrogens is 295 g/mol. The van der Waals surface area contributed by atoms with Gasteiger partial charge in [0.2, 0.25) is 0 Å². The largest absolute Gasteiger partial charge is 0.478 e. The van der Waals surface area contributed by atoms with Crippen molar-refractivity contribution in [3.63, 3.8) is 0 Å². The smallest absolute Gasteiger partial charge is 0.433 e. The maximum absolute atomic E-state index is 13.0. The van der Waals surface area contributed by atoms with Gasteiger partial charge >= 0.3 is 12.1 Å². The van der Waals surface area contributed by atoms with Crippen molar-refractivity contribution in [1.82, 2.24) is 4.98 Å². The van der Waals surface area contributed by atoms with Crippen LogP contribution in [0.2, 0.25) is 5.02 Å². The van der Waals surface area contributed by atoms with Crippen LogP contribution in [-0.2, 0) is 12.6 Å². The summed E-state index contributed by atoms with van der Waals surface area (Å²) < 4.78 is 38.9. The van der Waals surface area contributed by atoms with E-state index in [0.717, 1.165) is 6.07 Å². The lowest BCUT2D eigenvalue weighted by atomic mass is 10.0. The average Bonchev–Trinajstić information content (AvgIpc) is 2.36. The first kappa shape index (κ1) is 14.6. The number of pyridine rings is 1. The molecule has 0 aliphatic carbocycles. The van der Waals surface area contributed by atoms with Crippen LogP contribution >= 0.6 is 11.6 Å². The van der Waals surface area contributed by atoms with Gasteiger partial charge in [-0.05, 0) is 30.2 Å². The van der Waals surface area contributed by atoms with Crippen LogP contribution in [0.1, 0.15) is 28.5 Å². The zero-order valence-electron chi connectivity index (χ0n) is 10.3. The maximum Gasteiger partial charge on any atom is 0.433 e. The molecule has 0 bridgehead atoms. The summed E-state index contributed by atoms with van der Waals surface area (Å²) >= 11 is 5.92. The Morgan fingerprint density at radius 2 is 2.05 bits per heavy atom. The number of benzene rings is 1. The molecule has 3 nitrogen and oxygen atoms in total. The molecule has 0 saturated carbocycles. The molecule has 1 N–H and O–H groups in total. The van der Waals surface area contributed by atoms with Gasteiger partial charge in [0.05, 0.1) is 16.1 Å². The highest BCUT2D eigenvalue weighted by molar-refractivity contribution is 6.35. The monoisotopic (exact) mass is 303 g/mol. The van der Waals surface area contributed by atoms with Crippen molar-refractivity contribution >= 4 is 28.5 Å². The van der Waals surface area contributed by atoms with Gasteiger partial charge in [0.15, 0.2) is 0 Å². The van der Waals surface area contributed by atoms with Crippen molar-refractivity contribution in [1.29, 1.82) is 0 Å². The first-order chi connectivity index (χ1) is 9.25. The van der Waals surface area contributed by atoms with E-state index in [0.29, 0.717) is 0 Å². The normalized spacial score (nSPS) is 11.8. The van der Waals surface area contributed by atoms with Crippen molar-refractivity contribution in [2.24, 2.45) is 0 Å². The molecule has 1 aromatic heterocycles. The Balaban J connectivity index is 2.91. The Morgan fingerprint density at radius 1 is 1.40 bits per heavy atom. The van der Waals surface area contributed by atoms with Gasteiger partial charge in [-0.2, -0.15) is 13.2 Å². The fourth-order valence-corrected chi connectivity index (χ4v) is 2.16. The molecule has 0 amide bonds. The zero-order valence-corrected chi connectivity index (χ0v) is 11.0. The average molecular weight is 304 g/mol. The first-order valence-corrected chi connectivity index (χ1v) is 6.06. The lowest BCUT2D eigenvalue weighted by Crippen LogP contribution is -2.13. The molecule has 0 aliphatic heterocycles. The van der Waals surface area contributed by atoms with Crippen LogP contribution in [0.5, 0.6) is 0 Å². The highest BCUT2D eigenvalue weighted by atomic mass is 35.5. The third-order valence-corrected chi connectivity index (χ3v) is 3.22. The maximum atomic E-state index is 13.0. The van der Waals surface area contributed by atoms with E-state index in [4.69, 9.17) is 16.7 Å². The van der Waals surface area contributed by atoms with Crippen molar-refractivity contribution in [2.45, 2.75) is 19.5 Å². The van der Waals surface area contributed by atoms with Crippen LogP contribution in [0.15, 0.2) is 18.2 Å². The number of halogens is 4. The fourth-order valence-electron chi connectivity index (χ4n) is 1.95. The molecule has 0 aliphatic rings. The quantitative estimate of drug-likeness (QED) is 0.906. The molecule has 2 rings (SSSR count). The molecule has 0 atom stereocenters. The van der Waals surface area contributed by atoms with Crippen molar-refractivity contribution in [3.05, 3.63) is 40.0 Å². The van der Waals surface area contributed by atoms with Crippen LogP contribution < -0.4 is 0 Å². The molecular formula is C13H9ClF3NO2. The Kier molecular flexibility index (Phi) is 3.60. The number of aromatic carboxylic acids is 1. The number of carbonyl (C=O) groups is 1. The summed E-state index contributed by atoms with van der Waals surface area (Å²) in [5.74, 6) is -1.35. The van der Waals surface area contributed by atoms with Crippen LogP contribution in [0.4, 0.5) is 13.2 Å². The van der Waals surface area contributed by atoms with Gasteiger partial charge in [0.1, 0.15) is 5.69 Å². The minimum absolute atomic E-state index is 0.0190. The molecule has 0 unspecified atom stereocenters. The fraction of sp³-hybridized carbons (Fsp3) is 0.231. The summed E-state index contributed by atoms with van der Waals surface area (Å²) in [4.78, 5) is 14.6. The molecule has 0 radical (unpaired) electrons. The van der Waals surface area contributed by atoms with E-state index in [1.165, 1.54) is 12.1 Å². The number of hydrogen-bond acceptors (Lipinski definition) is 2. The number of aromatic nitrogens is 1. The number of fused-ring (bicyclic) bond motifs is 1. The van der Waals surface area contributed by atoms with Crippen LogP contribution in [0.3, 0.4) is 0 Å². The van der Waals surface area contributed by atoms with Gasteiger partial charge < -0.3 is 5.11 Å². The highest BCUT2D eigenvalue weighted by Gasteiger charge is 2.35. The second-order valence-corrected chi connectivity index (χ2v) is 4.55. The Morgan fingerprint density at radius 3 is 2.55 bits per heavy atom. The Labute approximate surface area is 117 Å². The first-order valence-electron chi connectivity index (χ1n) is 5.68. The predicted molar refractivity (Wildman–Crippen MR) is 68.1 cm³/mol. The van der Waals surface area contributed by atoms with E-state index in [-0.39, 0.29) is 33.5 Å². The van der Waals surface area contributed by atoms with E-state index in [1.54, 1.807) is 6.92 Å². The van der Waals surface area contributed by atoms with E-state index in [1.807, 2.05) is 0 Å². The molecule has 20 heavy (non-hydrogen) atoms. The number of aryl methyl sites for hydroxylation is 1. The predicted octanol–water partition coefficient (Wildman–Crippen LogP) is 4.17. The molecule has 0 fully saturated rings. The van der Waals surface area contributed by atoms with Gasteiger partial charge in [-0.15, -0.1) is 0 Å². The summed E-state index contributed by atoms with van der Waals surface area (Å²) in [5, 5.41) is 9.40. The van der Waals surface area contributed by atoms with Crippen LogP contribution in [0.25, 0.3) is 10.9 Å². The second kappa shape index (κ2) is 4.94. The molecule has 1 heterocycles. The lowest BCUT2D eigenvalue weighted by Gasteiger charge is -2.13. The van der Waals surface area contributed by atoms with E-state index < -0.39 is 17.8 Å². The molecule has 0 saturated heterocycles. The topological polar surface area (TPSA) is 50.2 Å². The standard InChI is InChI=1S/C13H9ClF3NO2/c1-2-6-5-8-9(14)4-3-7(12(19)20)10(8)18-11(6)13(15,16)17/h3-5H,2H2,1H3,(H,19,20). The Bertz CT molecular complexity index is 698. The van der Waals surface area contributed by atoms with Gasteiger partial charge in [-0.25, -0.2) is 9.78 Å². The molecule has 1 aromatic carbocycles. The summed E-state index contributed by atoms with van der Waals surface area (Å²) in [6, 6.07) is 3.73. The summed E-state index contributed by atoms with van der Waals surface area (Å²) in [5.41, 5.74) is -1.65. The number of carboxylic acids is 1. The van der Waals surface area contributed by atoms with Crippen molar-refractivity contribution in [3.8, 4) is 0 Å². The van der Waals surface area contributed by atoms with Crippen molar-refractivity contribution in [2.75, 3.05) is 0 Å². The molecule has 2 aromatic rings. The summed E-state index contributed by atoms with van der Waals surface area (Å²) in [6.45, 7) is 1.56. The number of carboxylic acid groups (broad SMARTS) is 1. The lowest BCUT2D eigenvalue weighted by molar-refractivity contribution is -0.141. The van der Waals surface area contributed by atoms with Gasteiger partial charge in [-0.3, -0.25) is 0 Å². The zero-order chi connectivity index (χ0) is 15.1. The second-order valence-electron chi connectivity index (χ2n) is 4.14. The summed E-state index contributed by atoms with van der Waals surface area (Å²) in [6.07, 6.45) is -4.52. The van der Waals surface area contributed by atoms with E-state index >= 15 is 0 Å². The van der Waals surface area contributed by atoms with Crippen LogP contribution in [0, 0.1) is 0 Å². The minimum Gasteiger partial charge on any atom is -0.478 e. The Hall–Kier alpha value is -1.82. The van der Waals surface area contributed by atoms with Crippen molar-refractivity contribution < 1.29 is 23.1 Å².